The maximum absolute atomic E-state index is 13.4. The first-order valence-corrected chi connectivity index (χ1v) is 10.4. The smallest absolute Gasteiger partial charge is 0.303 e. The van der Waals surface area contributed by atoms with Crippen molar-refractivity contribution in [3.05, 3.63) is 23.3 Å². The molecule has 0 radical (unpaired) electrons. The van der Waals surface area contributed by atoms with Gasteiger partial charge in [0.25, 0.3) is 0 Å². The first kappa shape index (κ1) is 18.6. The molecule has 0 aromatic rings. The number of allylic oxidation sites excluding steroid dienone is 3. The van der Waals surface area contributed by atoms with Gasteiger partial charge >= 0.3 is 5.97 Å². The lowest BCUT2D eigenvalue weighted by atomic mass is 9.47. The van der Waals surface area contributed by atoms with Gasteiger partial charge in [0.05, 0.1) is 0 Å². The Morgan fingerprint density at radius 2 is 1.93 bits per heavy atom. The topological polar surface area (TPSA) is 60.4 Å². The standard InChI is InChI=1S/C23H30O4/c1-14(24)27-13-20(26)18-10-9-17-16-8-7-15-6-4-5-11-22(15,2)21(16)19(25)12-23(17,18)3/h7,10,16-17,21H,4-6,8-9,11-13H2,1-3H3/t16-,17-,21+,22-,23-/m0/s1. The number of ketones is 2. The largest absolute Gasteiger partial charge is 0.457 e. The van der Waals surface area contributed by atoms with E-state index in [1.54, 1.807) is 0 Å². The number of rotatable bonds is 3. The minimum Gasteiger partial charge on any atom is -0.457 e. The Morgan fingerprint density at radius 1 is 1.15 bits per heavy atom. The van der Waals surface area contributed by atoms with Crippen molar-refractivity contribution < 1.29 is 19.1 Å². The third-order valence-corrected chi connectivity index (χ3v) is 8.00. The maximum atomic E-state index is 13.4. The van der Waals surface area contributed by atoms with Gasteiger partial charge in [0, 0.05) is 30.3 Å². The fourth-order valence-corrected chi connectivity index (χ4v) is 6.78. The quantitative estimate of drug-likeness (QED) is 0.552. The first-order valence-electron chi connectivity index (χ1n) is 10.4. The second kappa shape index (κ2) is 6.42. The molecule has 4 aliphatic carbocycles. The summed E-state index contributed by atoms with van der Waals surface area (Å²) in [5.41, 5.74) is 1.82. The average molecular weight is 370 g/mol. The number of fused-ring (bicyclic) bond motifs is 5. The highest BCUT2D eigenvalue weighted by Crippen LogP contribution is 2.63. The Balaban J connectivity index is 1.63. The van der Waals surface area contributed by atoms with Crippen molar-refractivity contribution in [2.75, 3.05) is 6.61 Å². The van der Waals surface area contributed by atoms with Crippen LogP contribution in [0.5, 0.6) is 0 Å². The molecule has 0 saturated heterocycles. The van der Waals surface area contributed by atoms with Crippen molar-refractivity contribution in [1.82, 2.24) is 0 Å². The Morgan fingerprint density at radius 3 is 2.67 bits per heavy atom. The van der Waals surface area contributed by atoms with Gasteiger partial charge in [0.1, 0.15) is 5.78 Å². The zero-order valence-corrected chi connectivity index (χ0v) is 16.7. The monoisotopic (exact) mass is 370 g/mol. The van der Waals surface area contributed by atoms with Crippen molar-refractivity contribution in [2.24, 2.45) is 28.6 Å². The van der Waals surface area contributed by atoms with Crippen LogP contribution in [-0.2, 0) is 19.1 Å². The molecule has 27 heavy (non-hydrogen) atoms. The Labute approximate surface area is 161 Å². The zero-order valence-electron chi connectivity index (χ0n) is 16.7. The Hall–Kier alpha value is -1.71. The van der Waals surface area contributed by atoms with Crippen LogP contribution in [0.1, 0.15) is 65.7 Å². The van der Waals surface area contributed by atoms with Gasteiger partial charge in [-0.2, -0.15) is 0 Å². The molecule has 4 rings (SSSR count). The van der Waals surface area contributed by atoms with Crippen LogP contribution >= 0.6 is 0 Å². The summed E-state index contributed by atoms with van der Waals surface area (Å²) < 4.78 is 4.94. The van der Waals surface area contributed by atoms with Crippen molar-refractivity contribution >= 4 is 17.5 Å². The van der Waals surface area contributed by atoms with Gasteiger partial charge in [0.15, 0.2) is 12.4 Å². The van der Waals surface area contributed by atoms with Crippen LogP contribution in [0.2, 0.25) is 0 Å². The highest BCUT2D eigenvalue weighted by Gasteiger charge is 2.60. The molecule has 5 atom stereocenters. The van der Waals surface area contributed by atoms with Gasteiger partial charge < -0.3 is 4.74 Å². The molecule has 0 bridgehead atoms. The summed E-state index contributed by atoms with van der Waals surface area (Å²) >= 11 is 0. The van der Waals surface area contributed by atoms with E-state index in [9.17, 15) is 14.4 Å². The van der Waals surface area contributed by atoms with E-state index in [0.717, 1.165) is 25.7 Å². The molecule has 4 heteroatoms. The number of hydrogen-bond donors (Lipinski definition) is 0. The van der Waals surface area contributed by atoms with Crippen LogP contribution in [0.15, 0.2) is 23.3 Å². The predicted molar refractivity (Wildman–Crippen MR) is 102 cm³/mol. The van der Waals surface area contributed by atoms with Gasteiger partial charge in [0.2, 0.25) is 0 Å². The van der Waals surface area contributed by atoms with Crippen LogP contribution in [0.4, 0.5) is 0 Å². The fourth-order valence-electron chi connectivity index (χ4n) is 6.78. The Bertz CT molecular complexity index is 760. The molecule has 2 fully saturated rings. The highest BCUT2D eigenvalue weighted by atomic mass is 16.5. The summed E-state index contributed by atoms with van der Waals surface area (Å²) in [7, 11) is 0. The molecule has 0 aromatic carbocycles. The first-order chi connectivity index (χ1) is 12.8. The number of hydrogen-bond acceptors (Lipinski definition) is 4. The van der Waals surface area contributed by atoms with E-state index in [4.69, 9.17) is 4.74 Å². The zero-order chi connectivity index (χ0) is 19.4. The molecule has 4 aliphatic rings. The molecule has 0 unspecified atom stereocenters. The van der Waals surface area contributed by atoms with E-state index in [2.05, 4.69) is 19.9 Å². The van der Waals surface area contributed by atoms with Gasteiger partial charge in [-0.3, -0.25) is 14.4 Å². The summed E-state index contributed by atoms with van der Waals surface area (Å²) in [6.07, 6.45) is 11.4. The van der Waals surface area contributed by atoms with Gasteiger partial charge in [-0.25, -0.2) is 0 Å². The fraction of sp³-hybridized carbons (Fsp3) is 0.696. The average Bonchev–Trinajstić information content (AvgIpc) is 2.95. The summed E-state index contributed by atoms with van der Waals surface area (Å²) in [5.74, 6) is 0.497. The summed E-state index contributed by atoms with van der Waals surface area (Å²) in [6, 6.07) is 0. The van der Waals surface area contributed by atoms with Crippen LogP contribution in [0.25, 0.3) is 0 Å². The highest BCUT2D eigenvalue weighted by molar-refractivity contribution is 6.00. The SMILES string of the molecule is CC(=O)OCC(=O)C1=CC[C@H]2[C@@H]3CC=C4CCCC[C@]4(C)[C@H]3C(=O)C[C@]12C. The van der Waals surface area contributed by atoms with Gasteiger partial charge in [-0.15, -0.1) is 0 Å². The molecule has 2 saturated carbocycles. The minimum absolute atomic E-state index is 0.0179. The lowest BCUT2D eigenvalue weighted by Crippen LogP contribution is -2.54. The Kier molecular flexibility index (Phi) is 4.44. The van der Waals surface area contributed by atoms with E-state index in [-0.39, 0.29) is 23.7 Å². The number of Topliss-reactive ketones (excluding diaryl/α,β-unsaturated/α-hetero) is 2. The molecule has 146 valence electrons. The van der Waals surface area contributed by atoms with Crippen LogP contribution in [-0.4, -0.2) is 24.1 Å². The number of ether oxygens (including phenoxy) is 1. The molecule has 0 spiro atoms. The van der Waals surface area contributed by atoms with Crippen LogP contribution in [0.3, 0.4) is 0 Å². The van der Waals surface area contributed by atoms with E-state index in [1.165, 1.54) is 25.3 Å². The maximum Gasteiger partial charge on any atom is 0.303 e. The molecule has 0 aliphatic heterocycles. The number of carbonyl (C=O) groups is 3. The van der Waals surface area contributed by atoms with E-state index < -0.39 is 11.4 Å². The second-order valence-corrected chi connectivity index (χ2v) is 9.46. The van der Waals surface area contributed by atoms with Crippen LogP contribution in [0, 0.1) is 28.6 Å². The lowest BCUT2D eigenvalue weighted by molar-refractivity contribution is -0.146. The van der Waals surface area contributed by atoms with E-state index in [0.29, 0.717) is 29.6 Å². The summed E-state index contributed by atoms with van der Waals surface area (Å²) in [5, 5.41) is 0. The van der Waals surface area contributed by atoms with E-state index >= 15 is 0 Å². The molecule has 0 N–H and O–H groups in total. The van der Waals surface area contributed by atoms with E-state index in [1.807, 2.05) is 6.08 Å². The molecule has 0 heterocycles. The number of esters is 1. The molecule has 0 aromatic heterocycles. The second-order valence-electron chi connectivity index (χ2n) is 9.46. The van der Waals surface area contributed by atoms with Crippen molar-refractivity contribution in [3.8, 4) is 0 Å². The summed E-state index contributed by atoms with van der Waals surface area (Å²) in [4.78, 5) is 37.2. The van der Waals surface area contributed by atoms with Gasteiger partial charge in [-0.05, 0) is 49.4 Å². The molecular weight excluding hydrogens is 340 g/mol. The molecule has 0 amide bonds. The summed E-state index contributed by atoms with van der Waals surface area (Å²) in [6.45, 7) is 5.49. The van der Waals surface area contributed by atoms with Gasteiger partial charge in [-0.1, -0.05) is 38.0 Å². The molecule has 4 nitrogen and oxygen atoms in total. The third-order valence-electron chi connectivity index (χ3n) is 8.00. The minimum atomic E-state index is -0.446. The van der Waals surface area contributed by atoms with Crippen molar-refractivity contribution in [3.63, 3.8) is 0 Å². The van der Waals surface area contributed by atoms with Crippen molar-refractivity contribution in [2.45, 2.75) is 65.7 Å². The molecular formula is C23H30O4. The normalized spacial score (nSPS) is 40.3. The van der Waals surface area contributed by atoms with Crippen LogP contribution < -0.4 is 0 Å². The lowest BCUT2D eigenvalue weighted by Gasteiger charge is -2.56. The van der Waals surface area contributed by atoms with Crippen molar-refractivity contribution in [1.29, 1.82) is 0 Å². The number of carbonyl (C=O) groups excluding carboxylic acids is 3. The third kappa shape index (κ3) is 2.75. The predicted octanol–water partition coefficient (Wildman–Crippen LogP) is 4.19.